The molecule has 1 saturated heterocycles. The van der Waals surface area contributed by atoms with Crippen LogP contribution in [0.5, 0.6) is 11.5 Å². The zero-order valence-electron chi connectivity index (χ0n) is 15.9. The number of halogens is 3. The Balaban J connectivity index is 1.59. The quantitative estimate of drug-likeness (QED) is 0.812. The van der Waals surface area contributed by atoms with E-state index < -0.39 is 12.8 Å². The van der Waals surface area contributed by atoms with Gasteiger partial charge in [0.05, 0.1) is 7.11 Å². The van der Waals surface area contributed by atoms with Crippen molar-refractivity contribution >= 4 is 17.4 Å². The Hall–Kier alpha value is -3.10. The van der Waals surface area contributed by atoms with E-state index in [1.54, 1.807) is 11.0 Å². The van der Waals surface area contributed by atoms with Crippen molar-refractivity contribution in [1.82, 2.24) is 4.90 Å². The van der Waals surface area contributed by atoms with Crippen molar-refractivity contribution in [2.45, 2.75) is 6.18 Å². The molecular formula is C20H22F3N3O3. The number of rotatable bonds is 5. The van der Waals surface area contributed by atoms with Gasteiger partial charge in [0.15, 0.2) is 18.1 Å². The zero-order valence-corrected chi connectivity index (χ0v) is 15.9. The smallest absolute Gasteiger partial charge is 0.422 e. The molecule has 1 N–H and O–H groups in total. The van der Waals surface area contributed by atoms with Crippen LogP contribution in [-0.2, 0) is 0 Å². The molecule has 1 fully saturated rings. The molecule has 0 unspecified atom stereocenters. The lowest BCUT2D eigenvalue weighted by Crippen LogP contribution is -2.50. The lowest BCUT2D eigenvalue weighted by Gasteiger charge is -2.36. The molecule has 0 spiro atoms. The maximum Gasteiger partial charge on any atom is 0.422 e. The Morgan fingerprint density at radius 3 is 2.34 bits per heavy atom. The maximum absolute atomic E-state index is 12.5. The van der Waals surface area contributed by atoms with Crippen LogP contribution in [-0.4, -0.2) is 57.0 Å². The molecular weight excluding hydrogens is 387 g/mol. The summed E-state index contributed by atoms with van der Waals surface area (Å²) >= 11 is 0. The predicted octanol–water partition coefficient (Wildman–Crippen LogP) is 3.99. The third-order valence-corrected chi connectivity index (χ3v) is 4.49. The highest BCUT2D eigenvalue weighted by Gasteiger charge is 2.29. The summed E-state index contributed by atoms with van der Waals surface area (Å²) < 4.78 is 47.1. The van der Waals surface area contributed by atoms with Crippen LogP contribution in [0.3, 0.4) is 0 Å². The molecule has 1 aliphatic rings. The number of para-hydroxylation sites is 1. The number of piperazine rings is 1. The lowest BCUT2D eigenvalue weighted by atomic mass is 10.2. The summed E-state index contributed by atoms with van der Waals surface area (Å²) in [5.41, 5.74) is 1.44. The van der Waals surface area contributed by atoms with Gasteiger partial charge in [-0.1, -0.05) is 18.2 Å². The van der Waals surface area contributed by atoms with Crippen molar-refractivity contribution in [3.63, 3.8) is 0 Å². The standard InChI is InChI=1S/C20H22F3N3O3/c1-28-17-8-7-15(13-18(17)29-14-20(21,22)23)24-19(27)26-11-9-25(10-12-26)16-5-3-2-4-6-16/h2-8,13H,9-12,14H2,1H3,(H,24,27). The lowest BCUT2D eigenvalue weighted by molar-refractivity contribution is -0.153. The fraction of sp³-hybridized carbons (Fsp3) is 0.350. The normalized spacial score (nSPS) is 14.5. The van der Waals surface area contributed by atoms with Gasteiger partial charge in [-0.05, 0) is 24.3 Å². The molecule has 0 atom stereocenters. The summed E-state index contributed by atoms with van der Waals surface area (Å²) in [6.07, 6.45) is -4.47. The molecule has 29 heavy (non-hydrogen) atoms. The van der Waals surface area contributed by atoms with Crippen LogP contribution >= 0.6 is 0 Å². The van der Waals surface area contributed by atoms with Crippen LogP contribution in [0.4, 0.5) is 29.3 Å². The van der Waals surface area contributed by atoms with Crippen molar-refractivity contribution in [3.05, 3.63) is 48.5 Å². The summed E-state index contributed by atoms with van der Waals surface area (Å²) in [7, 11) is 1.33. The minimum atomic E-state index is -4.47. The van der Waals surface area contributed by atoms with Crippen molar-refractivity contribution < 1.29 is 27.4 Å². The first-order chi connectivity index (χ1) is 13.9. The number of nitrogens with one attached hydrogen (secondary N) is 1. The van der Waals surface area contributed by atoms with Crippen molar-refractivity contribution in [1.29, 1.82) is 0 Å². The molecule has 6 nitrogen and oxygen atoms in total. The van der Waals surface area contributed by atoms with Gasteiger partial charge < -0.3 is 24.6 Å². The van der Waals surface area contributed by atoms with Gasteiger partial charge in [0, 0.05) is 43.6 Å². The topological polar surface area (TPSA) is 54.0 Å². The first-order valence-corrected chi connectivity index (χ1v) is 9.09. The average Bonchev–Trinajstić information content (AvgIpc) is 2.72. The first kappa shape index (κ1) is 20.6. The summed E-state index contributed by atoms with van der Waals surface area (Å²) in [5, 5.41) is 2.71. The van der Waals surface area contributed by atoms with Crippen LogP contribution in [0.15, 0.2) is 48.5 Å². The van der Waals surface area contributed by atoms with Crippen LogP contribution in [0, 0.1) is 0 Å². The van der Waals surface area contributed by atoms with Gasteiger partial charge in [0.2, 0.25) is 0 Å². The van der Waals surface area contributed by atoms with E-state index in [-0.39, 0.29) is 17.5 Å². The molecule has 0 bridgehead atoms. The minimum Gasteiger partial charge on any atom is -0.493 e. The number of hydrogen-bond donors (Lipinski definition) is 1. The maximum atomic E-state index is 12.5. The third kappa shape index (κ3) is 5.69. The molecule has 0 radical (unpaired) electrons. The molecule has 0 aromatic heterocycles. The number of carbonyl (C=O) groups excluding carboxylic acids is 1. The Kier molecular flexibility index (Phi) is 6.36. The number of alkyl halides is 3. The molecule has 9 heteroatoms. The summed E-state index contributed by atoms with van der Waals surface area (Å²) in [4.78, 5) is 16.4. The molecule has 0 saturated carbocycles. The highest BCUT2D eigenvalue weighted by Crippen LogP contribution is 2.32. The first-order valence-electron chi connectivity index (χ1n) is 9.09. The molecule has 2 aromatic carbocycles. The minimum absolute atomic E-state index is 0.0866. The van der Waals surface area contributed by atoms with Gasteiger partial charge in [-0.15, -0.1) is 0 Å². The number of hydrogen-bond acceptors (Lipinski definition) is 4. The van der Waals surface area contributed by atoms with Crippen LogP contribution in [0.2, 0.25) is 0 Å². The number of anilines is 2. The fourth-order valence-corrected chi connectivity index (χ4v) is 3.04. The Labute approximate surface area is 166 Å². The van der Waals surface area contributed by atoms with E-state index in [2.05, 4.69) is 10.2 Å². The van der Waals surface area contributed by atoms with Crippen molar-refractivity contribution in [3.8, 4) is 11.5 Å². The van der Waals surface area contributed by atoms with E-state index in [4.69, 9.17) is 9.47 Å². The number of nitrogens with zero attached hydrogens (tertiary/aromatic N) is 2. The average molecular weight is 409 g/mol. The van der Waals surface area contributed by atoms with E-state index in [0.29, 0.717) is 31.9 Å². The van der Waals surface area contributed by atoms with Gasteiger partial charge >= 0.3 is 12.2 Å². The van der Waals surface area contributed by atoms with E-state index in [0.717, 1.165) is 5.69 Å². The Morgan fingerprint density at radius 1 is 1.03 bits per heavy atom. The predicted molar refractivity (Wildman–Crippen MR) is 104 cm³/mol. The molecule has 3 rings (SSSR count). The second-order valence-electron chi connectivity index (χ2n) is 6.51. The number of amides is 2. The summed E-state index contributed by atoms with van der Waals surface area (Å²) in [6.45, 7) is 1.02. The molecule has 1 aliphatic heterocycles. The molecule has 0 aliphatic carbocycles. The molecule has 2 aromatic rings. The van der Waals surface area contributed by atoms with Crippen LogP contribution in [0.25, 0.3) is 0 Å². The number of urea groups is 1. The van der Waals surface area contributed by atoms with Gasteiger partial charge in [0.25, 0.3) is 0 Å². The molecule has 2 amide bonds. The van der Waals surface area contributed by atoms with Gasteiger partial charge in [-0.25, -0.2) is 4.79 Å². The number of ether oxygens (including phenoxy) is 2. The van der Waals surface area contributed by atoms with E-state index in [1.807, 2.05) is 30.3 Å². The number of benzene rings is 2. The largest absolute Gasteiger partial charge is 0.493 e. The summed E-state index contributed by atoms with van der Waals surface area (Å²) in [6, 6.07) is 14.0. The highest BCUT2D eigenvalue weighted by atomic mass is 19.4. The monoisotopic (exact) mass is 409 g/mol. The Bertz CT molecular complexity index is 823. The van der Waals surface area contributed by atoms with E-state index >= 15 is 0 Å². The number of carbonyl (C=O) groups is 1. The second kappa shape index (κ2) is 8.93. The van der Waals surface area contributed by atoms with Gasteiger partial charge in [-0.2, -0.15) is 13.2 Å². The molecule has 1 heterocycles. The third-order valence-electron chi connectivity index (χ3n) is 4.49. The SMILES string of the molecule is COc1ccc(NC(=O)N2CCN(c3ccccc3)CC2)cc1OCC(F)(F)F. The van der Waals surface area contributed by atoms with Gasteiger partial charge in [-0.3, -0.25) is 0 Å². The van der Waals surface area contributed by atoms with Crippen molar-refractivity contribution in [2.24, 2.45) is 0 Å². The van der Waals surface area contributed by atoms with Gasteiger partial charge in [0.1, 0.15) is 0 Å². The highest BCUT2D eigenvalue weighted by molar-refractivity contribution is 5.90. The van der Waals surface area contributed by atoms with Crippen LogP contribution < -0.4 is 19.7 Å². The Morgan fingerprint density at radius 2 is 1.72 bits per heavy atom. The van der Waals surface area contributed by atoms with E-state index in [1.165, 1.54) is 19.2 Å². The molecule has 156 valence electrons. The number of methoxy groups -OCH3 is 1. The van der Waals surface area contributed by atoms with Crippen LogP contribution in [0.1, 0.15) is 0 Å². The second-order valence-corrected chi connectivity index (χ2v) is 6.51. The fourth-order valence-electron chi connectivity index (χ4n) is 3.04. The zero-order chi connectivity index (χ0) is 20.9. The summed E-state index contributed by atoms with van der Waals surface area (Å²) in [5.74, 6) is 0.0697. The van der Waals surface area contributed by atoms with E-state index in [9.17, 15) is 18.0 Å². The van der Waals surface area contributed by atoms with Crippen molar-refractivity contribution in [2.75, 3.05) is 50.1 Å².